The number of phenolic OH excluding ortho intramolecular Hbond substituents is 1. The van der Waals surface area contributed by atoms with Crippen LogP contribution in [0.1, 0.15) is 19.6 Å². The van der Waals surface area contributed by atoms with Crippen LogP contribution in [-0.2, 0) is 25.5 Å². The highest BCUT2D eigenvalue weighted by Crippen LogP contribution is 2.29. The van der Waals surface area contributed by atoms with Gasteiger partial charge in [0.25, 0.3) is 0 Å². The van der Waals surface area contributed by atoms with E-state index in [4.69, 9.17) is 13.9 Å². The van der Waals surface area contributed by atoms with Crippen molar-refractivity contribution in [1.82, 2.24) is 0 Å². The Morgan fingerprint density at radius 2 is 1.82 bits per heavy atom. The van der Waals surface area contributed by atoms with Gasteiger partial charge in [0.1, 0.15) is 17.1 Å². The number of carbonyl (C=O) groups excluding carboxylic acids is 2. The second-order valence-electron chi connectivity index (χ2n) is 4.66. The first-order valence-corrected chi connectivity index (χ1v) is 7.10. The van der Waals surface area contributed by atoms with E-state index in [9.17, 15) is 14.7 Å². The average Bonchev–Trinajstić information content (AvgIpc) is 2.89. The highest BCUT2D eigenvalue weighted by molar-refractivity contribution is 5.95. The van der Waals surface area contributed by atoms with Gasteiger partial charge in [-0.3, -0.25) is 9.59 Å². The number of furan rings is 1. The molecule has 0 unspecified atom stereocenters. The molecule has 0 amide bonds. The van der Waals surface area contributed by atoms with Gasteiger partial charge in [-0.2, -0.15) is 0 Å². The number of phenols is 1. The Labute approximate surface area is 127 Å². The van der Waals surface area contributed by atoms with Crippen molar-refractivity contribution < 1.29 is 28.6 Å². The normalized spacial score (nSPS) is 10.9. The molecule has 0 saturated carbocycles. The van der Waals surface area contributed by atoms with Crippen molar-refractivity contribution >= 4 is 22.9 Å². The Morgan fingerprint density at radius 3 is 2.36 bits per heavy atom. The van der Waals surface area contributed by atoms with Crippen LogP contribution in [0.5, 0.6) is 5.75 Å². The lowest BCUT2D eigenvalue weighted by Gasteiger charge is -2.12. The number of benzene rings is 1. The van der Waals surface area contributed by atoms with Crippen LogP contribution in [0.2, 0.25) is 0 Å². The van der Waals surface area contributed by atoms with Crippen molar-refractivity contribution in [3.05, 3.63) is 30.0 Å². The van der Waals surface area contributed by atoms with Crippen LogP contribution in [0.4, 0.5) is 0 Å². The minimum Gasteiger partial charge on any atom is -0.507 e. The van der Waals surface area contributed by atoms with E-state index in [0.29, 0.717) is 16.7 Å². The van der Waals surface area contributed by atoms with E-state index in [1.165, 1.54) is 6.07 Å². The van der Waals surface area contributed by atoms with Gasteiger partial charge in [0, 0.05) is 6.42 Å². The van der Waals surface area contributed by atoms with Gasteiger partial charge in [-0.05, 0) is 32.0 Å². The molecule has 2 rings (SSSR count). The monoisotopic (exact) mass is 306 g/mol. The number of fused-ring (bicyclic) bond motifs is 1. The summed E-state index contributed by atoms with van der Waals surface area (Å²) in [4.78, 5) is 23.9. The van der Waals surface area contributed by atoms with Crippen molar-refractivity contribution in [1.29, 1.82) is 0 Å². The predicted octanol–water partition coefficient (Wildman–Crippen LogP) is 2.42. The molecule has 1 heterocycles. The molecule has 1 N–H and O–H groups in total. The van der Waals surface area contributed by atoms with E-state index in [-0.39, 0.29) is 25.4 Å². The summed E-state index contributed by atoms with van der Waals surface area (Å²) in [6, 6.07) is 6.49. The topological polar surface area (TPSA) is 86.0 Å². The molecule has 2 aromatic rings. The molecule has 0 aliphatic rings. The molecular weight excluding hydrogens is 288 g/mol. The predicted molar refractivity (Wildman–Crippen MR) is 78.3 cm³/mol. The van der Waals surface area contributed by atoms with Gasteiger partial charge in [-0.15, -0.1) is 0 Å². The van der Waals surface area contributed by atoms with Gasteiger partial charge in [0.05, 0.1) is 18.6 Å². The largest absolute Gasteiger partial charge is 0.507 e. The van der Waals surface area contributed by atoms with E-state index >= 15 is 0 Å². The van der Waals surface area contributed by atoms with Gasteiger partial charge >= 0.3 is 11.9 Å². The van der Waals surface area contributed by atoms with E-state index in [0.717, 1.165) is 0 Å². The van der Waals surface area contributed by atoms with E-state index in [2.05, 4.69) is 0 Å². The molecule has 0 aliphatic carbocycles. The maximum absolute atomic E-state index is 11.9. The van der Waals surface area contributed by atoms with Gasteiger partial charge in [0.2, 0.25) is 0 Å². The minimum absolute atomic E-state index is 0.0196. The molecule has 1 aromatic carbocycles. The van der Waals surface area contributed by atoms with Crippen molar-refractivity contribution in [2.45, 2.75) is 20.3 Å². The third-order valence-corrected chi connectivity index (χ3v) is 3.14. The van der Waals surface area contributed by atoms with E-state index in [1.54, 1.807) is 32.0 Å². The van der Waals surface area contributed by atoms with Crippen LogP contribution in [0.25, 0.3) is 11.0 Å². The van der Waals surface area contributed by atoms with Gasteiger partial charge < -0.3 is 19.0 Å². The second-order valence-corrected chi connectivity index (χ2v) is 4.66. The van der Waals surface area contributed by atoms with Crippen LogP contribution >= 0.6 is 0 Å². The lowest BCUT2D eigenvalue weighted by molar-refractivity contribution is -0.161. The molecule has 0 radical (unpaired) electrons. The number of esters is 2. The molecule has 0 aliphatic heterocycles. The molecule has 0 spiro atoms. The zero-order chi connectivity index (χ0) is 16.1. The smallest absolute Gasteiger partial charge is 0.320 e. The third kappa shape index (κ3) is 3.39. The van der Waals surface area contributed by atoms with Crippen LogP contribution in [0.3, 0.4) is 0 Å². The quantitative estimate of drug-likeness (QED) is 0.651. The van der Waals surface area contributed by atoms with Crippen molar-refractivity contribution in [3.8, 4) is 5.75 Å². The zero-order valence-corrected chi connectivity index (χ0v) is 12.5. The number of hydrogen-bond acceptors (Lipinski definition) is 6. The van der Waals surface area contributed by atoms with E-state index < -0.39 is 17.9 Å². The van der Waals surface area contributed by atoms with Crippen molar-refractivity contribution in [2.24, 2.45) is 5.92 Å². The fraction of sp³-hybridized carbons (Fsp3) is 0.375. The molecular formula is C16H18O6. The van der Waals surface area contributed by atoms with Gasteiger partial charge in [-0.25, -0.2) is 0 Å². The fourth-order valence-corrected chi connectivity index (χ4v) is 2.15. The van der Waals surface area contributed by atoms with E-state index in [1.807, 2.05) is 0 Å². The molecule has 0 bridgehead atoms. The lowest BCUT2D eigenvalue weighted by atomic mass is 10.0. The van der Waals surface area contributed by atoms with Crippen LogP contribution in [0, 0.1) is 5.92 Å². The SMILES string of the molecule is CCOC(=O)C(Cc1cc2c(O)cccc2o1)C(=O)OCC. The second kappa shape index (κ2) is 6.98. The summed E-state index contributed by atoms with van der Waals surface area (Å²) in [5.41, 5.74) is 0.487. The number of aromatic hydroxyl groups is 1. The Balaban J connectivity index is 2.26. The first kappa shape index (κ1) is 15.9. The lowest BCUT2D eigenvalue weighted by Crippen LogP contribution is -2.29. The number of carbonyl (C=O) groups is 2. The maximum atomic E-state index is 11.9. The standard InChI is InChI=1S/C16H18O6/c1-3-20-15(18)12(16(19)21-4-2)9-10-8-11-13(17)6-5-7-14(11)22-10/h5-8,12,17H,3-4,9H2,1-2H3. The van der Waals surface area contributed by atoms with Gasteiger partial charge in [-0.1, -0.05) is 6.07 Å². The molecule has 0 atom stereocenters. The van der Waals surface area contributed by atoms with Crippen LogP contribution in [-0.4, -0.2) is 30.3 Å². The van der Waals surface area contributed by atoms with Crippen molar-refractivity contribution in [2.75, 3.05) is 13.2 Å². The molecule has 22 heavy (non-hydrogen) atoms. The average molecular weight is 306 g/mol. The first-order chi connectivity index (χ1) is 10.6. The summed E-state index contributed by atoms with van der Waals surface area (Å²) in [5, 5.41) is 10.3. The van der Waals surface area contributed by atoms with Crippen LogP contribution < -0.4 is 0 Å². The maximum Gasteiger partial charge on any atom is 0.320 e. The van der Waals surface area contributed by atoms with Crippen LogP contribution in [0.15, 0.2) is 28.7 Å². The highest BCUT2D eigenvalue weighted by Gasteiger charge is 2.31. The van der Waals surface area contributed by atoms with Gasteiger partial charge in [0.15, 0.2) is 5.92 Å². The Morgan fingerprint density at radius 1 is 1.18 bits per heavy atom. The molecule has 0 fully saturated rings. The Kier molecular flexibility index (Phi) is 5.04. The summed E-state index contributed by atoms with van der Waals surface area (Å²) in [7, 11) is 0. The molecule has 118 valence electrons. The molecule has 0 saturated heterocycles. The summed E-state index contributed by atoms with van der Waals surface area (Å²) in [6.07, 6.45) is 0.0196. The molecule has 6 heteroatoms. The number of rotatable bonds is 6. The number of hydrogen-bond donors (Lipinski definition) is 1. The summed E-state index contributed by atoms with van der Waals surface area (Å²) in [6.45, 7) is 3.68. The first-order valence-electron chi connectivity index (χ1n) is 7.10. The summed E-state index contributed by atoms with van der Waals surface area (Å²) >= 11 is 0. The zero-order valence-electron chi connectivity index (χ0n) is 12.5. The highest BCUT2D eigenvalue weighted by atomic mass is 16.6. The summed E-state index contributed by atoms with van der Waals surface area (Å²) in [5.74, 6) is -1.89. The molecule has 1 aromatic heterocycles. The molecule has 6 nitrogen and oxygen atoms in total. The number of ether oxygens (including phenoxy) is 2. The minimum atomic E-state index is -1.08. The van der Waals surface area contributed by atoms with Crippen molar-refractivity contribution in [3.63, 3.8) is 0 Å². The summed E-state index contributed by atoms with van der Waals surface area (Å²) < 4.78 is 15.4. The fourth-order valence-electron chi connectivity index (χ4n) is 2.15. The third-order valence-electron chi connectivity index (χ3n) is 3.14. The Hall–Kier alpha value is -2.50. The Bertz CT molecular complexity index is 654.